The number of aromatic nitrogens is 4. The highest BCUT2D eigenvalue weighted by molar-refractivity contribution is 5.81. The lowest BCUT2D eigenvalue weighted by molar-refractivity contribution is -0.122. The normalized spacial score (nSPS) is 16.1. The summed E-state index contributed by atoms with van der Waals surface area (Å²) in [6, 6.07) is 9.31. The average Bonchev–Trinajstić information content (AvgIpc) is 3.41. The van der Waals surface area contributed by atoms with Crippen molar-refractivity contribution in [1.82, 2.24) is 24.2 Å². The maximum atomic E-state index is 13.3. The molecule has 1 atom stereocenters. The second-order valence-electron chi connectivity index (χ2n) is 7.78. The van der Waals surface area contributed by atoms with Crippen LogP contribution in [-0.2, 0) is 29.2 Å². The number of fused-ring (bicyclic) bond motifs is 1. The molecule has 1 fully saturated rings. The molecule has 1 saturated heterocycles. The molecule has 9 nitrogen and oxygen atoms in total. The van der Waals surface area contributed by atoms with Crippen LogP contribution in [-0.4, -0.2) is 44.1 Å². The summed E-state index contributed by atoms with van der Waals surface area (Å²) in [5.74, 6) is -0.299. The molecule has 1 amide bonds. The highest BCUT2D eigenvalue weighted by atomic mass is 16.5. The quantitative estimate of drug-likeness (QED) is 0.610. The Morgan fingerprint density at radius 2 is 1.97 bits per heavy atom. The SMILES string of the molecule is CCn1nc(C)c2c1c(=O)n(Cc1ccccc1)c(=O)n2CC(=O)NCC1CCCO1. The smallest absolute Gasteiger partial charge is 0.332 e. The fourth-order valence-electron chi connectivity index (χ4n) is 4.08. The zero-order valence-corrected chi connectivity index (χ0v) is 17.8. The van der Waals surface area contributed by atoms with Gasteiger partial charge in [0.05, 0.1) is 18.3 Å². The third-order valence-electron chi connectivity index (χ3n) is 5.61. The molecule has 9 heteroatoms. The molecule has 1 N–H and O–H groups in total. The Balaban J connectivity index is 1.75. The molecule has 0 saturated carbocycles. The van der Waals surface area contributed by atoms with Crippen LogP contribution in [0, 0.1) is 6.92 Å². The molecule has 4 rings (SSSR count). The molecule has 3 heterocycles. The van der Waals surface area contributed by atoms with Crippen molar-refractivity contribution in [3.63, 3.8) is 0 Å². The Kier molecular flexibility index (Phi) is 6.03. The van der Waals surface area contributed by atoms with E-state index in [0.717, 1.165) is 18.4 Å². The van der Waals surface area contributed by atoms with E-state index < -0.39 is 11.2 Å². The molecule has 1 aromatic carbocycles. The molecule has 164 valence electrons. The van der Waals surface area contributed by atoms with Gasteiger partial charge in [0.1, 0.15) is 12.1 Å². The molecular weight excluding hydrogens is 398 g/mol. The van der Waals surface area contributed by atoms with Crippen LogP contribution in [0.2, 0.25) is 0 Å². The number of ether oxygens (including phenoxy) is 1. The second-order valence-corrected chi connectivity index (χ2v) is 7.78. The Bertz CT molecular complexity index is 1200. The van der Waals surface area contributed by atoms with E-state index in [-0.39, 0.29) is 25.1 Å². The summed E-state index contributed by atoms with van der Waals surface area (Å²) in [4.78, 5) is 39.3. The number of nitrogens with one attached hydrogen (secondary N) is 1. The number of rotatable bonds is 7. The number of nitrogens with zero attached hydrogens (tertiary/aromatic N) is 4. The van der Waals surface area contributed by atoms with Gasteiger partial charge in [-0.05, 0) is 32.3 Å². The lowest BCUT2D eigenvalue weighted by Gasteiger charge is -2.14. The summed E-state index contributed by atoms with van der Waals surface area (Å²) < 4.78 is 9.67. The molecule has 31 heavy (non-hydrogen) atoms. The topological polar surface area (TPSA) is 100 Å². The molecule has 0 bridgehead atoms. The van der Waals surface area contributed by atoms with Crippen molar-refractivity contribution in [1.29, 1.82) is 0 Å². The van der Waals surface area contributed by atoms with Crippen LogP contribution >= 0.6 is 0 Å². The van der Waals surface area contributed by atoms with Gasteiger partial charge in [0.25, 0.3) is 5.56 Å². The van der Waals surface area contributed by atoms with Gasteiger partial charge in [-0.2, -0.15) is 5.10 Å². The summed E-state index contributed by atoms with van der Waals surface area (Å²) in [6.07, 6.45) is 1.91. The monoisotopic (exact) mass is 425 g/mol. The van der Waals surface area contributed by atoms with Crippen molar-refractivity contribution in [3.05, 3.63) is 62.4 Å². The summed E-state index contributed by atoms with van der Waals surface area (Å²) >= 11 is 0. The predicted molar refractivity (Wildman–Crippen MR) is 116 cm³/mol. The van der Waals surface area contributed by atoms with Gasteiger partial charge in [0.15, 0.2) is 5.52 Å². The van der Waals surface area contributed by atoms with E-state index in [9.17, 15) is 14.4 Å². The van der Waals surface area contributed by atoms with E-state index in [1.165, 1.54) is 9.13 Å². The van der Waals surface area contributed by atoms with E-state index >= 15 is 0 Å². The number of carbonyl (C=O) groups is 1. The van der Waals surface area contributed by atoms with E-state index in [2.05, 4.69) is 10.4 Å². The summed E-state index contributed by atoms with van der Waals surface area (Å²) in [6.45, 7) is 5.17. The zero-order chi connectivity index (χ0) is 22.0. The van der Waals surface area contributed by atoms with Crippen LogP contribution in [0.25, 0.3) is 11.0 Å². The highest BCUT2D eigenvalue weighted by Crippen LogP contribution is 2.14. The van der Waals surface area contributed by atoms with Gasteiger partial charge in [-0.3, -0.25) is 23.4 Å². The van der Waals surface area contributed by atoms with Crippen molar-refractivity contribution >= 4 is 16.9 Å². The van der Waals surface area contributed by atoms with Crippen LogP contribution in [0.5, 0.6) is 0 Å². The van der Waals surface area contributed by atoms with E-state index in [0.29, 0.717) is 36.4 Å². The van der Waals surface area contributed by atoms with Crippen LogP contribution in [0.1, 0.15) is 31.0 Å². The van der Waals surface area contributed by atoms with Crippen molar-refractivity contribution < 1.29 is 9.53 Å². The van der Waals surface area contributed by atoms with Gasteiger partial charge >= 0.3 is 5.69 Å². The molecule has 0 aliphatic carbocycles. The Hall–Kier alpha value is -3.20. The van der Waals surface area contributed by atoms with Crippen LogP contribution in [0.15, 0.2) is 39.9 Å². The van der Waals surface area contributed by atoms with Gasteiger partial charge < -0.3 is 10.1 Å². The van der Waals surface area contributed by atoms with Gasteiger partial charge in [-0.15, -0.1) is 0 Å². The van der Waals surface area contributed by atoms with Gasteiger partial charge in [-0.25, -0.2) is 4.79 Å². The molecule has 1 aliphatic heterocycles. The van der Waals surface area contributed by atoms with Gasteiger partial charge in [0, 0.05) is 19.7 Å². The molecular formula is C22H27N5O4. The number of benzene rings is 1. The van der Waals surface area contributed by atoms with Crippen molar-refractivity contribution in [2.75, 3.05) is 13.2 Å². The number of hydrogen-bond acceptors (Lipinski definition) is 5. The second kappa shape index (κ2) is 8.89. The number of aryl methyl sites for hydroxylation is 2. The third kappa shape index (κ3) is 4.18. The maximum absolute atomic E-state index is 13.3. The first-order valence-electron chi connectivity index (χ1n) is 10.6. The van der Waals surface area contributed by atoms with Crippen molar-refractivity contribution in [3.8, 4) is 0 Å². The van der Waals surface area contributed by atoms with Crippen LogP contribution in [0.4, 0.5) is 0 Å². The average molecular weight is 425 g/mol. The van der Waals surface area contributed by atoms with Crippen LogP contribution < -0.4 is 16.6 Å². The Labute approximate surface area is 179 Å². The Morgan fingerprint density at radius 1 is 1.19 bits per heavy atom. The summed E-state index contributed by atoms with van der Waals surface area (Å²) in [5, 5.41) is 7.28. The van der Waals surface area contributed by atoms with Crippen LogP contribution in [0.3, 0.4) is 0 Å². The van der Waals surface area contributed by atoms with E-state index in [4.69, 9.17) is 4.74 Å². The minimum absolute atomic E-state index is 0.0114. The minimum atomic E-state index is -0.521. The fourth-order valence-corrected chi connectivity index (χ4v) is 4.08. The molecule has 1 aliphatic rings. The summed E-state index contributed by atoms with van der Waals surface area (Å²) in [7, 11) is 0. The van der Waals surface area contributed by atoms with Crippen molar-refractivity contribution in [2.45, 2.75) is 52.4 Å². The first kappa shape index (κ1) is 21.0. The van der Waals surface area contributed by atoms with E-state index in [1.54, 1.807) is 11.6 Å². The standard InChI is InChI=1S/C22H27N5O4/c1-3-27-20-19(15(2)24-27)25(14-18(28)23-12-17-10-7-11-31-17)22(30)26(21(20)29)13-16-8-5-4-6-9-16/h4-6,8-9,17H,3,7,10-14H2,1-2H3,(H,23,28). The first-order valence-corrected chi connectivity index (χ1v) is 10.6. The molecule has 0 radical (unpaired) electrons. The number of amides is 1. The molecule has 2 aromatic heterocycles. The Morgan fingerprint density at radius 3 is 2.65 bits per heavy atom. The fraction of sp³-hybridized carbons (Fsp3) is 0.455. The van der Waals surface area contributed by atoms with E-state index in [1.807, 2.05) is 37.3 Å². The zero-order valence-electron chi connectivity index (χ0n) is 17.8. The van der Waals surface area contributed by atoms with Gasteiger partial charge in [-0.1, -0.05) is 30.3 Å². The van der Waals surface area contributed by atoms with Gasteiger partial charge in [0.2, 0.25) is 5.91 Å². The highest BCUT2D eigenvalue weighted by Gasteiger charge is 2.22. The molecule has 1 unspecified atom stereocenters. The number of hydrogen-bond donors (Lipinski definition) is 1. The molecule has 3 aromatic rings. The largest absolute Gasteiger partial charge is 0.376 e. The maximum Gasteiger partial charge on any atom is 0.332 e. The number of carbonyl (C=O) groups excluding carboxylic acids is 1. The minimum Gasteiger partial charge on any atom is -0.376 e. The third-order valence-corrected chi connectivity index (χ3v) is 5.61. The van der Waals surface area contributed by atoms with Crippen molar-refractivity contribution in [2.24, 2.45) is 0 Å². The summed E-state index contributed by atoms with van der Waals surface area (Å²) in [5.41, 5.74) is 1.20. The first-order chi connectivity index (χ1) is 15.0. The predicted octanol–water partition coefficient (Wildman–Crippen LogP) is 1.03. The lowest BCUT2D eigenvalue weighted by Crippen LogP contribution is -2.44. The molecule has 0 spiro atoms. The lowest BCUT2D eigenvalue weighted by atomic mass is 10.2.